The molecule has 116 valence electrons. The van der Waals surface area contributed by atoms with Crippen molar-refractivity contribution in [3.05, 3.63) is 11.4 Å². The Kier molecular flexibility index (Phi) is 3.89. The van der Waals surface area contributed by atoms with Gasteiger partial charge in [0.25, 0.3) is 5.91 Å². The van der Waals surface area contributed by atoms with Gasteiger partial charge in [-0.3, -0.25) is 14.4 Å². The Morgan fingerprint density at radius 3 is 2.86 bits per heavy atom. The van der Waals surface area contributed by atoms with E-state index in [9.17, 15) is 4.79 Å². The molecule has 0 aliphatic carbocycles. The van der Waals surface area contributed by atoms with E-state index >= 15 is 0 Å². The van der Waals surface area contributed by atoms with E-state index in [1.165, 1.54) is 19.4 Å². The molecule has 3 heterocycles. The number of nitrogen functional groups attached to an aromatic ring is 1. The lowest BCUT2D eigenvalue weighted by Gasteiger charge is -2.26. The molecule has 2 saturated heterocycles. The number of carbonyl (C=O) groups is 1. The second kappa shape index (κ2) is 5.67. The molecule has 1 aromatic rings. The second-order valence-electron chi connectivity index (χ2n) is 6.10. The molecular weight excluding hydrogens is 266 g/mol. The van der Waals surface area contributed by atoms with Crippen LogP contribution in [0.3, 0.4) is 0 Å². The summed E-state index contributed by atoms with van der Waals surface area (Å²) in [5, 5.41) is 4.37. The van der Waals surface area contributed by atoms with Crippen LogP contribution in [0.2, 0.25) is 0 Å². The van der Waals surface area contributed by atoms with Crippen LogP contribution in [-0.2, 0) is 6.54 Å². The molecular formula is C15H25N5O. The van der Waals surface area contributed by atoms with Gasteiger partial charge in [-0.05, 0) is 39.7 Å². The smallest absolute Gasteiger partial charge is 0.274 e. The van der Waals surface area contributed by atoms with E-state index < -0.39 is 0 Å². The van der Waals surface area contributed by atoms with Crippen LogP contribution in [-0.4, -0.2) is 57.7 Å². The molecule has 2 N–H and O–H groups in total. The molecule has 0 spiro atoms. The lowest BCUT2D eigenvalue weighted by molar-refractivity contribution is 0.0732. The lowest BCUT2D eigenvalue weighted by atomic mass is 10.2. The van der Waals surface area contributed by atoms with Gasteiger partial charge in [-0.1, -0.05) is 0 Å². The Labute approximate surface area is 125 Å². The van der Waals surface area contributed by atoms with Gasteiger partial charge in [-0.25, -0.2) is 0 Å². The average molecular weight is 291 g/mol. The highest BCUT2D eigenvalue weighted by Crippen LogP contribution is 2.24. The van der Waals surface area contributed by atoms with Crippen LogP contribution in [0.15, 0.2) is 0 Å². The number of anilines is 1. The number of aryl methyl sites for hydroxylation is 2. The van der Waals surface area contributed by atoms with Crippen LogP contribution < -0.4 is 5.73 Å². The molecule has 0 aromatic carbocycles. The van der Waals surface area contributed by atoms with Gasteiger partial charge in [0.1, 0.15) is 5.69 Å². The maximum atomic E-state index is 12.9. The summed E-state index contributed by atoms with van der Waals surface area (Å²) in [7, 11) is 0. The summed E-state index contributed by atoms with van der Waals surface area (Å²) >= 11 is 0. The number of carbonyl (C=O) groups excluding carboxylic acids is 1. The quantitative estimate of drug-likeness (QED) is 0.886. The third-order valence-electron chi connectivity index (χ3n) is 4.77. The third kappa shape index (κ3) is 2.52. The number of nitrogens with zero attached hydrogens (tertiary/aromatic N) is 4. The van der Waals surface area contributed by atoms with Crippen LogP contribution in [0.25, 0.3) is 0 Å². The van der Waals surface area contributed by atoms with E-state index in [1.807, 2.05) is 18.7 Å². The summed E-state index contributed by atoms with van der Waals surface area (Å²) in [4.78, 5) is 17.4. The van der Waals surface area contributed by atoms with Gasteiger partial charge in [-0.2, -0.15) is 5.10 Å². The third-order valence-corrected chi connectivity index (χ3v) is 4.77. The number of aromatic nitrogens is 2. The molecule has 1 atom stereocenters. The first-order chi connectivity index (χ1) is 10.1. The Morgan fingerprint density at radius 1 is 1.33 bits per heavy atom. The van der Waals surface area contributed by atoms with Crippen molar-refractivity contribution >= 4 is 11.6 Å². The molecule has 0 saturated carbocycles. The zero-order valence-corrected chi connectivity index (χ0v) is 13.0. The van der Waals surface area contributed by atoms with Crippen molar-refractivity contribution < 1.29 is 4.79 Å². The van der Waals surface area contributed by atoms with Crippen LogP contribution in [0.1, 0.15) is 42.4 Å². The summed E-state index contributed by atoms with van der Waals surface area (Å²) in [6.45, 7) is 8.45. The lowest BCUT2D eigenvalue weighted by Crippen LogP contribution is -2.40. The number of rotatable bonds is 2. The predicted octanol–water partition coefficient (Wildman–Crippen LogP) is 1.10. The zero-order valence-electron chi connectivity index (χ0n) is 13.0. The van der Waals surface area contributed by atoms with Gasteiger partial charge in [0.15, 0.2) is 0 Å². The number of amides is 1. The second-order valence-corrected chi connectivity index (χ2v) is 6.10. The van der Waals surface area contributed by atoms with Gasteiger partial charge in [0, 0.05) is 32.2 Å². The normalized spacial score (nSPS) is 23.1. The molecule has 0 bridgehead atoms. The molecule has 0 radical (unpaired) electrons. The highest BCUT2D eigenvalue weighted by atomic mass is 16.2. The van der Waals surface area contributed by atoms with Crippen LogP contribution >= 0.6 is 0 Å². The van der Waals surface area contributed by atoms with Crippen LogP contribution in [0, 0.1) is 6.92 Å². The summed E-state index contributed by atoms with van der Waals surface area (Å²) in [5.74, 6) is 0.0451. The van der Waals surface area contributed by atoms with Crippen LogP contribution in [0.5, 0.6) is 0 Å². The van der Waals surface area contributed by atoms with E-state index in [1.54, 1.807) is 4.68 Å². The monoisotopic (exact) mass is 291 g/mol. The summed E-state index contributed by atoms with van der Waals surface area (Å²) in [5.41, 5.74) is 7.95. The Hall–Kier alpha value is -1.56. The SMILES string of the molecule is CCn1nc(C)c(N)c1C(=O)N1CCCN2CCCC2C1. The first-order valence-corrected chi connectivity index (χ1v) is 7.98. The van der Waals surface area contributed by atoms with Crippen molar-refractivity contribution in [3.8, 4) is 0 Å². The van der Waals surface area contributed by atoms with E-state index in [-0.39, 0.29) is 5.91 Å². The largest absolute Gasteiger partial charge is 0.395 e. The number of nitrogens with two attached hydrogens (primary N) is 1. The molecule has 2 fully saturated rings. The number of hydrogen-bond donors (Lipinski definition) is 1. The highest BCUT2D eigenvalue weighted by molar-refractivity contribution is 5.98. The molecule has 21 heavy (non-hydrogen) atoms. The molecule has 1 unspecified atom stereocenters. The Bertz CT molecular complexity index is 538. The Morgan fingerprint density at radius 2 is 2.10 bits per heavy atom. The molecule has 6 nitrogen and oxygen atoms in total. The van der Waals surface area contributed by atoms with Gasteiger partial charge in [0.2, 0.25) is 0 Å². The molecule has 6 heteroatoms. The standard InChI is InChI=1S/C15H25N5O/c1-3-20-14(13(16)11(2)17-20)15(21)19-9-5-8-18-7-4-6-12(18)10-19/h12H,3-10,16H2,1-2H3. The van der Waals surface area contributed by atoms with Crippen molar-refractivity contribution in [3.63, 3.8) is 0 Å². The van der Waals surface area contributed by atoms with E-state index in [2.05, 4.69) is 10.00 Å². The summed E-state index contributed by atoms with van der Waals surface area (Å²) in [6, 6.07) is 0.525. The number of fused-ring (bicyclic) bond motifs is 1. The predicted molar refractivity (Wildman–Crippen MR) is 82.2 cm³/mol. The summed E-state index contributed by atoms with van der Waals surface area (Å²) in [6.07, 6.45) is 3.49. The number of hydrogen-bond acceptors (Lipinski definition) is 4. The first kappa shape index (κ1) is 14.4. The van der Waals surface area contributed by atoms with Crippen molar-refractivity contribution in [1.82, 2.24) is 19.6 Å². The van der Waals surface area contributed by atoms with E-state index in [0.717, 1.165) is 31.7 Å². The van der Waals surface area contributed by atoms with Crippen molar-refractivity contribution in [1.29, 1.82) is 0 Å². The minimum Gasteiger partial charge on any atom is -0.395 e. The van der Waals surface area contributed by atoms with Gasteiger partial charge < -0.3 is 10.6 Å². The van der Waals surface area contributed by atoms with Gasteiger partial charge in [-0.15, -0.1) is 0 Å². The summed E-state index contributed by atoms with van der Waals surface area (Å²) < 4.78 is 1.74. The first-order valence-electron chi connectivity index (χ1n) is 7.98. The minimum atomic E-state index is 0.0451. The fourth-order valence-electron chi connectivity index (χ4n) is 3.59. The van der Waals surface area contributed by atoms with Crippen molar-refractivity contribution in [2.24, 2.45) is 0 Å². The highest BCUT2D eigenvalue weighted by Gasteiger charge is 2.32. The topological polar surface area (TPSA) is 67.4 Å². The van der Waals surface area contributed by atoms with Crippen molar-refractivity contribution in [2.45, 2.75) is 45.7 Å². The van der Waals surface area contributed by atoms with E-state index in [4.69, 9.17) is 5.73 Å². The fourth-order valence-corrected chi connectivity index (χ4v) is 3.59. The Balaban J connectivity index is 1.84. The molecule has 2 aliphatic rings. The average Bonchev–Trinajstić information content (AvgIpc) is 2.96. The van der Waals surface area contributed by atoms with Crippen LogP contribution in [0.4, 0.5) is 5.69 Å². The maximum absolute atomic E-state index is 12.9. The van der Waals surface area contributed by atoms with Gasteiger partial charge in [0.05, 0.1) is 11.4 Å². The fraction of sp³-hybridized carbons (Fsp3) is 0.733. The molecule has 3 rings (SSSR count). The zero-order chi connectivity index (χ0) is 15.0. The maximum Gasteiger partial charge on any atom is 0.274 e. The molecule has 2 aliphatic heterocycles. The minimum absolute atomic E-state index is 0.0451. The van der Waals surface area contributed by atoms with E-state index in [0.29, 0.717) is 24.0 Å². The van der Waals surface area contributed by atoms with Crippen molar-refractivity contribution in [2.75, 3.05) is 31.9 Å². The molecule has 1 aromatic heterocycles. The molecule has 1 amide bonds. The van der Waals surface area contributed by atoms with Gasteiger partial charge >= 0.3 is 0 Å².